The first-order valence-corrected chi connectivity index (χ1v) is 11.2. The zero-order valence-electron chi connectivity index (χ0n) is 16.6. The molecule has 1 N–H and O–H groups in total. The van der Waals surface area contributed by atoms with E-state index in [4.69, 9.17) is 13.6 Å². The smallest absolute Gasteiger partial charge is 0.268 e. The molecular weight excluding hydrogens is 448 g/mol. The second-order valence-electron chi connectivity index (χ2n) is 6.25. The summed E-state index contributed by atoms with van der Waals surface area (Å²) in [6.45, 7) is 0.226. The van der Waals surface area contributed by atoms with Gasteiger partial charge in [0.15, 0.2) is 10.1 Å². The van der Waals surface area contributed by atoms with Gasteiger partial charge in [-0.2, -0.15) is 5.26 Å². The van der Waals surface area contributed by atoms with E-state index in [0.29, 0.717) is 27.4 Å². The van der Waals surface area contributed by atoms with E-state index in [-0.39, 0.29) is 17.3 Å². The second kappa shape index (κ2) is 10.5. The molecule has 0 unspecified atom stereocenters. The molecule has 0 saturated heterocycles. The minimum atomic E-state index is -0.597. The summed E-state index contributed by atoms with van der Waals surface area (Å²) in [5.41, 5.74) is -0.112. The van der Waals surface area contributed by atoms with Crippen molar-refractivity contribution in [3.63, 3.8) is 0 Å². The van der Waals surface area contributed by atoms with E-state index in [1.807, 2.05) is 48.5 Å². The third-order valence-electron chi connectivity index (χ3n) is 3.98. The van der Waals surface area contributed by atoms with Gasteiger partial charge in [0.2, 0.25) is 5.13 Å². The summed E-state index contributed by atoms with van der Waals surface area (Å²) in [4.78, 5) is 12.5. The van der Waals surface area contributed by atoms with E-state index in [1.54, 1.807) is 18.4 Å². The van der Waals surface area contributed by atoms with E-state index in [2.05, 4.69) is 15.5 Å². The van der Waals surface area contributed by atoms with E-state index < -0.39 is 5.91 Å². The lowest BCUT2D eigenvalue weighted by atomic mass is 10.2. The number of aromatic nitrogens is 2. The molecule has 0 radical (unpaired) electrons. The van der Waals surface area contributed by atoms with Crippen LogP contribution in [0.4, 0.5) is 5.13 Å². The zero-order valence-corrected chi connectivity index (χ0v) is 18.2. The number of rotatable bonds is 9. The lowest BCUT2D eigenvalue weighted by Gasteiger charge is -2.02. The van der Waals surface area contributed by atoms with Crippen molar-refractivity contribution in [2.45, 2.75) is 17.5 Å². The highest BCUT2D eigenvalue weighted by molar-refractivity contribution is 7.98. The Hall–Kier alpha value is -3.81. The van der Waals surface area contributed by atoms with E-state index >= 15 is 0 Å². The molecule has 1 aromatic carbocycles. The van der Waals surface area contributed by atoms with Crippen LogP contribution in [0.1, 0.15) is 16.5 Å². The fraction of sp³-hybridized carbons (Fsp3) is 0.0909. The van der Waals surface area contributed by atoms with Crippen LogP contribution in [0, 0.1) is 11.3 Å². The molecule has 3 heterocycles. The molecule has 160 valence electrons. The van der Waals surface area contributed by atoms with Gasteiger partial charge in [-0.1, -0.05) is 41.3 Å². The van der Waals surface area contributed by atoms with Crippen LogP contribution in [0.15, 0.2) is 80.4 Å². The number of carbonyl (C=O) groups is 1. The van der Waals surface area contributed by atoms with Crippen molar-refractivity contribution in [2.24, 2.45) is 0 Å². The first-order valence-electron chi connectivity index (χ1n) is 9.38. The Morgan fingerprint density at radius 1 is 1.19 bits per heavy atom. The molecular formula is C22H16N4O4S2. The number of thioether (sulfide) groups is 1. The quantitative estimate of drug-likeness (QED) is 0.206. The SMILES string of the molecule is N#C/C(=C/c1ccc(SCc2ccco2)o1)C(=O)Nc1nnc(COc2ccccc2)s1. The number of nitrogens with one attached hydrogen (secondary N) is 1. The number of nitriles is 1. The van der Waals surface area contributed by atoms with Crippen LogP contribution < -0.4 is 10.1 Å². The van der Waals surface area contributed by atoms with Crippen molar-refractivity contribution >= 4 is 40.2 Å². The molecule has 8 nitrogen and oxygen atoms in total. The maximum absolute atomic E-state index is 12.5. The summed E-state index contributed by atoms with van der Waals surface area (Å²) in [6.07, 6.45) is 2.99. The Labute approximate surface area is 191 Å². The second-order valence-corrected chi connectivity index (χ2v) is 8.29. The minimum absolute atomic E-state index is 0.112. The minimum Gasteiger partial charge on any atom is -0.486 e. The number of nitrogens with zero attached hydrogens (tertiary/aromatic N) is 3. The van der Waals surface area contributed by atoms with Gasteiger partial charge in [-0.25, -0.2) is 0 Å². The maximum atomic E-state index is 12.5. The highest BCUT2D eigenvalue weighted by Gasteiger charge is 2.14. The lowest BCUT2D eigenvalue weighted by molar-refractivity contribution is -0.112. The Bertz CT molecular complexity index is 1240. The molecule has 32 heavy (non-hydrogen) atoms. The summed E-state index contributed by atoms with van der Waals surface area (Å²) in [7, 11) is 0. The van der Waals surface area contributed by atoms with Gasteiger partial charge in [-0.05, 0) is 36.4 Å². The Morgan fingerprint density at radius 2 is 2.06 bits per heavy atom. The topological polar surface area (TPSA) is 114 Å². The van der Waals surface area contributed by atoms with Crippen molar-refractivity contribution in [3.05, 3.63) is 83.0 Å². The average Bonchev–Trinajstić information content (AvgIpc) is 3.58. The van der Waals surface area contributed by atoms with Crippen molar-refractivity contribution in [3.8, 4) is 11.8 Å². The number of carbonyl (C=O) groups excluding carboxylic acids is 1. The molecule has 0 aliphatic heterocycles. The molecule has 0 fully saturated rings. The highest BCUT2D eigenvalue weighted by Crippen LogP contribution is 2.26. The fourth-order valence-electron chi connectivity index (χ4n) is 2.51. The molecule has 0 atom stereocenters. The van der Waals surface area contributed by atoms with E-state index in [0.717, 1.165) is 5.76 Å². The summed E-state index contributed by atoms with van der Waals surface area (Å²) in [6, 6.07) is 18.4. The average molecular weight is 465 g/mol. The van der Waals surface area contributed by atoms with Crippen molar-refractivity contribution in [2.75, 3.05) is 5.32 Å². The van der Waals surface area contributed by atoms with Gasteiger partial charge < -0.3 is 13.6 Å². The monoisotopic (exact) mass is 464 g/mol. The molecule has 0 spiro atoms. The Kier molecular flexibility index (Phi) is 7.01. The highest BCUT2D eigenvalue weighted by atomic mass is 32.2. The predicted octanol–water partition coefficient (Wildman–Crippen LogP) is 5.14. The number of benzene rings is 1. The first-order chi connectivity index (χ1) is 15.7. The lowest BCUT2D eigenvalue weighted by Crippen LogP contribution is -2.13. The molecule has 3 aromatic heterocycles. The van der Waals surface area contributed by atoms with E-state index in [9.17, 15) is 10.1 Å². The van der Waals surface area contributed by atoms with Crippen LogP contribution in [0.5, 0.6) is 5.75 Å². The van der Waals surface area contributed by atoms with Crippen molar-refractivity contribution in [1.82, 2.24) is 10.2 Å². The summed E-state index contributed by atoms with van der Waals surface area (Å²) >= 11 is 2.62. The molecule has 0 bridgehead atoms. The molecule has 4 rings (SSSR count). The van der Waals surface area contributed by atoms with Crippen molar-refractivity contribution in [1.29, 1.82) is 5.26 Å². The van der Waals surface area contributed by atoms with Crippen LogP contribution in [-0.4, -0.2) is 16.1 Å². The number of amides is 1. The van der Waals surface area contributed by atoms with Gasteiger partial charge in [0.1, 0.15) is 35.5 Å². The molecule has 0 aliphatic rings. The number of hydrogen-bond donors (Lipinski definition) is 1. The molecule has 0 aliphatic carbocycles. The van der Waals surface area contributed by atoms with Crippen LogP contribution >= 0.6 is 23.1 Å². The number of para-hydroxylation sites is 1. The molecule has 0 saturated carbocycles. The van der Waals surface area contributed by atoms with Gasteiger partial charge in [-0.15, -0.1) is 10.2 Å². The normalized spacial score (nSPS) is 11.2. The number of furan rings is 2. The van der Waals surface area contributed by atoms with Crippen LogP contribution in [0.2, 0.25) is 0 Å². The number of anilines is 1. The Morgan fingerprint density at radius 3 is 2.84 bits per heavy atom. The maximum Gasteiger partial charge on any atom is 0.268 e. The standard InChI is InChI=1S/C22H16N4O4S2/c23-12-15(11-17-8-9-20(30-17)31-14-18-7-4-10-28-18)21(27)24-22-26-25-19(32-22)13-29-16-5-2-1-3-6-16/h1-11H,13-14H2,(H,24,26,27)/b15-11-. The number of ether oxygens (including phenoxy) is 1. The first kappa shape index (κ1) is 21.4. The van der Waals surface area contributed by atoms with Gasteiger partial charge >= 0.3 is 0 Å². The van der Waals surface area contributed by atoms with Crippen molar-refractivity contribution < 1.29 is 18.4 Å². The van der Waals surface area contributed by atoms with E-state index in [1.165, 1.54) is 29.2 Å². The third-order valence-corrected chi connectivity index (χ3v) is 5.73. The van der Waals surface area contributed by atoms with Gasteiger partial charge in [-0.3, -0.25) is 10.1 Å². The summed E-state index contributed by atoms with van der Waals surface area (Å²) < 4.78 is 16.6. The fourth-order valence-corrected chi connectivity index (χ4v) is 3.92. The largest absolute Gasteiger partial charge is 0.486 e. The van der Waals surface area contributed by atoms with Gasteiger partial charge in [0, 0.05) is 6.08 Å². The summed E-state index contributed by atoms with van der Waals surface area (Å²) in [5.74, 6) is 1.95. The van der Waals surface area contributed by atoms with Crippen LogP contribution in [0.25, 0.3) is 6.08 Å². The van der Waals surface area contributed by atoms with Gasteiger partial charge in [0.25, 0.3) is 5.91 Å². The molecule has 10 heteroatoms. The third kappa shape index (κ3) is 5.87. The zero-order chi connectivity index (χ0) is 22.2. The Balaban J connectivity index is 1.33. The molecule has 4 aromatic rings. The summed E-state index contributed by atoms with van der Waals surface area (Å²) in [5, 5.41) is 21.4. The molecule has 1 amide bonds. The van der Waals surface area contributed by atoms with Crippen LogP contribution in [-0.2, 0) is 17.2 Å². The number of hydrogen-bond acceptors (Lipinski definition) is 9. The predicted molar refractivity (Wildman–Crippen MR) is 120 cm³/mol. The van der Waals surface area contributed by atoms with Crippen LogP contribution in [0.3, 0.4) is 0 Å². The van der Waals surface area contributed by atoms with Gasteiger partial charge in [0.05, 0.1) is 12.0 Å².